The first-order chi connectivity index (χ1) is 17.2. The number of aromatic nitrogens is 2. The summed E-state index contributed by atoms with van der Waals surface area (Å²) in [4.78, 5) is 12.3. The van der Waals surface area contributed by atoms with Crippen molar-refractivity contribution < 1.29 is 17.2 Å². The Morgan fingerprint density at radius 2 is 1.72 bits per heavy atom. The first kappa shape index (κ1) is 26.0. The number of hydrogen-bond acceptors (Lipinski definition) is 8. The van der Waals surface area contributed by atoms with Gasteiger partial charge in [0.25, 0.3) is 0 Å². The van der Waals surface area contributed by atoms with Crippen molar-refractivity contribution in [3.8, 4) is 0 Å². The van der Waals surface area contributed by atoms with Crippen LogP contribution in [0.2, 0.25) is 5.02 Å². The quantitative estimate of drug-likeness (QED) is 0.400. The van der Waals surface area contributed by atoms with Crippen LogP contribution in [0.4, 0.5) is 37.6 Å². The maximum absolute atomic E-state index is 14.9. The Morgan fingerprint density at radius 1 is 1.00 bits per heavy atom. The summed E-state index contributed by atoms with van der Waals surface area (Å²) in [6.07, 6.45) is 1.30. The summed E-state index contributed by atoms with van der Waals surface area (Å²) in [6.45, 7) is 2.73. The fourth-order valence-electron chi connectivity index (χ4n) is 3.74. The van der Waals surface area contributed by atoms with E-state index in [1.165, 1.54) is 25.4 Å². The van der Waals surface area contributed by atoms with Crippen molar-refractivity contribution in [3.63, 3.8) is 0 Å². The van der Waals surface area contributed by atoms with E-state index in [-0.39, 0.29) is 33.9 Å². The van der Waals surface area contributed by atoms with Gasteiger partial charge in [0.15, 0.2) is 17.5 Å². The van der Waals surface area contributed by atoms with Gasteiger partial charge in [-0.15, -0.1) is 0 Å². The Labute approximate surface area is 213 Å². The van der Waals surface area contributed by atoms with Crippen molar-refractivity contribution >= 4 is 50.5 Å². The van der Waals surface area contributed by atoms with Crippen LogP contribution in [0.15, 0.2) is 42.6 Å². The lowest BCUT2D eigenvalue weighted by atomic mass is 10.2. The second kappa shape index (κ2) is 10.9. The molecular formula is C23H26ClF2N7O2S. The zero-order chi connectivity index (χ0) is 25.9. The molecule has 192 valence electrons. The third kappa shape index (κ3) is 6.01. The highest BCUT2D eigenvalue weighted by atomic mass is 35.5. The zero-order valence-corrected chi connectivity index (χ0v) is 21.3. The average molecular weight is 538 g/mol. The third-order valence-electron chi connectivity index (χ3n) is 5.82. The van der Waals surface area contributed by atoms with E-state index in [1.54, 1.807) is 24.3 Å². The Bertz CT molecular complexity index is 1350. The zero-order valence-electron chi connectivity index (χ0n) is 19.7. The van der Waals surface area contributed by atoms with Gasteiger partial charge < -0.3 is 20.4 Å². The number of para-hydroxylation sites is 1. The number of nitrogens with zero attached hydrogens (tertiary/aromatic N) is 4. The van der Waals surface area contributed by atoms with E-state index in [0.29, 0.717) is 24.3 Å². The normalized spacial score (nSPS) is 14.6. The summed E-state index contributed by atoms with van der Waals surface area (Å²) >= 11 is 6.25. The Hall–Kier alpha value is -3.06. The first-order valence-corrected chi connectivity index (χ1v) is 13.2. The predicted molar refractivity (Wildman–Crippen MR) is 138 cm³/mol. The molecule has 0 radical (unpaired) electrons. The smallest absolute Gasteiger partial charge is 0.229 e. The highest BCUT2D eigenvalue weighted by Crippen LogP contribution is 2.31. The Morgan fingerprint density at radius 3 is 2.44 bits per heavy atom. The molecule has 3 aromatic rings. The maximum Gasteiger partial charge on any atom is 0.229 e. The predicted octanol–water partition coefficient (Wildman–Crippen LogP) is 3.70. The number of sulfonamides is 1. The van der Waals surface area contributed by atoms with Crippen LogP contribution in [0.5, 0.6) is 0 Å². The van der Waals surface area contributed by atoms with Crippen molar-refractivity contribution in [2.24, 2.45) is 0 Å². The van der Waals surface area contributed by atoms with Gasteiger partial charge in [0, 0.05) is 31.9 Å². The lowest BCUT2D eigenvalue weighted by Crippen LogP contribution is -2.44. The molecule has 0 bridgehead atoms. The number of likely N-dealkylation sites (N-methyl/N-ethyl adjacent to an activating group) is 1. The van der Waals surface area contributed by atoms with E-state index in [9.17, 15) is 17.2 Å². The third-order valence-corrected chi connectivity index (χ3v) is 7.41. The van der Waals surface area contributed by atoms with Gasteiger partial charge in [-0.05, 0) is 37.9 Å². The van der Waals surface area contributed by atoms with Crippen LogP contribution >= 0.6 is 11.6 Å². The van der Waals surface area contributed by atoms with Gasteiger partial charge in [-0.3, -0.25) is 0 Å². The van der Waals surface area contributed by atoms with Gasteiger partial charge in [0.1, 0.15) is 5.02 Å². The highest BCUT2D eigenvalue weighted by Gasteiger charge is 2.22. The molecule has 1 aliphatic rings. The molecule has 0 spiro atoms. The van der Waals surface area contributed by atoms with Crippen molar-refractivity contribution in [2.75, 3.05) is 55.8 Å². The van der Waals surface area contributed by atoms with E-state index in [2.05, 4.69) is 30.2 Å². The molecule has 1 aliphatic heterocycles. The minimum absolute atomic E-state index is 0.0205. The molecule has 1 aromatic heterocycles. The fraction of sp³-hybridized carbons (Fsp3) is 0.304. The first-order valence-electron chi connectivity index (χ1n) is 11.1. The van der Waals surface area contributed by atoms with Crippen LogP contribution in [-0.4, -0.2) is 63.6 Å². The number of benzene rings is 2. The van der Waals surface area contributed by atoms with Crippen LogP contribution in [0, 0.1) is 11.6 Å². The van der Waals surface area contributed by atoms with E-state index >= 15 is 0 Å². The van der Waals surface area contributed by atoms with Crippen LogP contribution in [0.3, 0.4) is 0 Å². The minimum atomic E-state index is -3.52. The van der Waals surface area contributed by atoms with Gasteiger partial charge in [0.05, 0.1) is 23.3 Å². The minimum Gasteiger partial charge on any atom is -0.367 e. The summed E-state index contributed by atoms with van der Waals surface area (Å²) in [7, 11) is -0.198. The number of piperazine rings is 1. The Balaban J connectivity index is 1.55. The largest absolute Gasteiger partial charge is 0.367 e. The van der Waals surface area contributed by atoms with Gasteiger partial charge in [-0.2, -0.15) is 4.98 Å². The monoisotopic (exact) mass is 537 g/mol. The number of rotatable bonds is 8. The summed E-state index contributed by atoms with van der Waals surface area (Å²) in [6, 6.07) is 9.74. The molecule has 0 atom stereocenters. The van der Waals surface area contributed by atoms with Crippen LogP contribution in [0.25, 0.3) is 0 Å². The van der Waals surface area contributed by atoms with Gasteiger partial charge in [-0.1, -0.05) is 29.8 Å². The van der Waals surface area contributed by atoms with E-state index < -0.39 is 21.7 Å². The standard InChI is InChI=1S/C23H26ClF2N7O2S/c1-27-36(34,35)14-15-5-3-4-6-17(15)29-22-16(24)13-28-23(31-22)30-18-7-8-19(21(26)20(18)25)33-11-9-32(2)10-12-33/h3-8,13,27H,9-12,14H2,1-2H3,(H2,28,29,30,31). The molecule has 13 heteroatoms. The molecule has 1 saturated heterocycles. The second-order valence-electron chi connectivity index (χ2n) is 8.31. The van der Waals surface area contributed by atoms with Crippen LogP contribution in [-0.2, 0) is 15.8 Å². The summed E-state index contributed by atoms with van der Waals surface area (Å²) in [5.74, 6) is -2.10. The highest BCUT2D eigenvalue weighted by molar-refractivity contribution is 7.88. The molecule has 0 amide bonds. The number of anilines is 5. The molecular weight excluding hydrogens is 512 g/mol. The van der Waals surface area contributed by atoms with Crippen LogP contribution < -0.4 is 20.3 Å². The van der Waals surface area contributed by atoms with Crippen molar-refractivity contribution in [1.82, 2.24) is 19.6 Å². The van der Waals surface area contributed by atoms with Gasteiger partial charge in [-0.25, -0.2) is 26.9 Å². The molecule has 4 rings (SSSR count). The van der Waals surface area contributed by atoms with E-state index in [4.69, 9.17) is 11.6 Å². The van der Waals surface area contributed by atoms with E-state index in [0.717, 1.165) is 13.1 Å². The molecule has 0 unspecified atom stereocenters. The van der Waals surface area contributed by atoms with Gasteiger partial charge in [0.2, 0.25) is 16.0 Å². The number of nitrogens with one attached hydrogen (secondary N) is 3. The van der Waals surface area contributed by atoms with Crippen LogP contribution in [0.1, 0.15) is 5.56 Å². The van der Waals surface area contributed by atoms with Crippen molar-refractivity contribution in [2.45, 2.75) is 5.75 Å². The van der Waals surface area contributed by atoms with E-state index in [1.807, 2.05) is 11.9 Å². The maximum atomic E-state index is 14.9. The molecule has 0 aliphatic carbocycles. The van der Waals surface area contributed by atoms with Crippen molar-refractivity contribution in [1.29, 1.82) is 0 Å². The molecule has 0 saturated carbocycles. The molecule has 2 heterocycles. The molecule has 1 fully saturated rings. The lowest BCUT2D eigenvalue weighted by Gasteiger charge is -2.34. The summed E-state index contributed by atoms with van der Waals surface area (Å²) in [5, 5.41) is 5.86. The second-order valence-corrected chi connectivity index (χ2v) is 10.6. The topological polar surface area (TPSA) is 102 Å². The molecule has 36 heavy (non-hydrogen) atoms. The SMILES string of the molecule is CNS(=O)(=O)Cc1ccccc1Nc1nc(Nc2ccc(N3CCN(C)CC3)c(F)c2F)ncc1Cl. The number of halogens is 3. The Kier molecular flexibility index (Phi) is 7.88. The van der Waals surface area contributed by atoms with Gasteiger partial charge >= 0.3 is 0 Å². The summed E-state index contributed by atoms with van der Waals surface area (Å²) < 4.78 is 56.1. The fourth-order valence-corrected chi connectivity index (χ4v) is 4.68. The number of hydrogen-bond donors (Lipinski definition) is 3. The average Bonchev–Trinajstić information content (AvgIpc) is 2.86. The van der Waals surface area contributed by atoms with Crippen molar-refractivity contribution in [3.05, 3.63) is 64.8 Å². The molecule has 2 aromatic carbocycles. The molecule has 9 nitrogen and oxygen atoms in total. The summed E-state index contributed by atoms with van der Waals surface area (Å²) in [5.41, 5.74) is 1.04. The lowest BCUT2D eigenvalue weighted by molar-refractivity contribution is 0.311. The molecule has 3 N–H and O–H groups in total.